The molecule has 2 atom stereocenters. The van der Waals surface area contributed by atoms with Gasteiger partial charge in [0.15, 0.2) is 0 Å². The number of carboxylic acid groups (broad SMARTS) is 1. The van der Waals surface area contributed by atoms with Crippen molar-refractivity contribution in [3.8, 4) is 0 Å². The Bertz CT molecular complexity index is 556. The Hall–Kier alpha value is -1.88. The van der Waals surface area contributed by atoms with Crippen LogP contribution in [0.25, 0.3) is 0 Å². The Morgan fingerprint density at radius 1 is 1.45 bits per heavy atom. The molecule has 1 aliphatic carbocycles. The van der Waals surface area contributed by atoms with Gasteiger partial charge in [-0.1, -0.05) is 12.5 Å². The van der Waals surface area contributed by atoms with E-state index in [0.29, 0.717) is 11.3 Å². The van der Waals surface area contributed by atoms with Crippen molar-refractivity contribution in [1.29, 1.82) is 0 Å². The maximum Gasteiger partial charge on any atom is 0.336 e. The van der Waals surface area contributed by atoms with Crippen LogP contribution in [0.3, 0.4) is 0 Å². The van der Waals surface area contributed by atoms with E-state index in [4.69, 9.17) is 10.8 Å². The minimum atomic E-state index is -0.998. The standard InChI is InChI=1S/C15H20N2O3/c1-9-10(13(18)19)5-3-6-11(9)17-14(20)15(2)8-4-7-12(15)16/h3,5-6,12H,4,7-8,16H2,1-2H3,(H,17,20)(H,18,19). The summed E-state index contributed by atoms with van der Waals surface area (Å²) in [6.45, 7) is 3.56. The molecule has 5 nitrogen and oxygen atoms in total. The minimum absolute atomic E-state index is 0.131. The van der Waals surface area contributed by atoms with E-state index in [1.54, 1.807) is 19.1 Å². The number of nitrogens with two attached hydrogens (primary N) is 1. The molecule has 2 unspecified atom stereocenters. The van der Waals surface area contributed by atoms with Crippen molar-refractivity contribution in [2.24, 2.45) is 11.1 Å². The monoisotopic (exact) mass is 276 g/mol. The predicted octanol–water partition coefficient (Wildman–Crippen LogP) is 2.15. The first-order valence-corrected chi connectivity index (χ1v) is 6.76. The highest BCUT2D eigenvalue weighted by atomic mass is 16.4. The summed E-state index contributed by atoms with van der Waals surface area (Å²) in [5.74, 6) is -1.13. The summed E-state index contributed by atoms with van der Waals surface area (Å²) in [6, 6.07) is 4.72. The maximum absolute atomic E-state index is 12.4. The molecular weight excluding hydrogens is 256 g/mol. The number of aromatic carboxylic acids is 1. The van der Waals surface area contributed by atoms with Crippen molar-refractivity contribution < 1.29 is 14.7 Å². The summed E-state index contributed by atoms with van der Waals surface area (Å²) in [7, 11) is 0. The molecule has 1 saturated carbocycles. The van der Waals surface area contributed by atoms with Crippen LogP contribution in [0.1, 0.15) is 42.1 Å². The van der Waals surface area contributed by atoms with Gasteiger partial charge in [-0.15, -0.1) is 0 Å². The van der Waals surface area contributed by atoms with Gasteiger partial charge >= 0.3 is 5.97 Å². The largest absolute Gasteiger partial charge is 0.478 e. The van der Waals surface area contributed by atoms with E-state index in [1.165, 1.54) is 6.07 Å². The van der Waals surface area contributed by atoms with Crippen LogP contribution in [0.4, 0.5) is 5.69 Å². The number of rotatable bonds is 3. The van der Waals surface area contributed by atoms with Crippen LogP contribution in [0.15, 0.2) is 18.2 Å². The highest BCUT2D eigenvalue weighted by Gasteiger charge is 2.43. The molecule has 2 rings (SSSR count). The van der Waals surface area contributed by atoms with Gasteiger partial charge in [0.2, 0.25) is 5.91 Å². The molecule has 1 amide bonds. The van der Waals surface area contributed by atoms with Crippen molar-refractivity contribution in [2.45, 2.75) is 39.2 Å². The number of hydrogen-bond acceptors (Lipinski definition) is 3. The molecule has 1 fully saturated rings. The van der Waals surface area contributed by atoms with Crippen LogP contribution in [-0.2, 0) is 4.79 Å². The zero-order valence-corrected chi connectivity index (χ0v) is 11.8. The van der Waals surface area contributed by atoms with Crippen LogP contribution in [0.5, 0.6) is 0 Å². The van der Waals surface area contributed by atoms with Gasteiger partial charge in [0.05, 0.1) is 11.0 Å². The second kappa shape index (κ2) is 5.25. The van der Waals surface area contributed by atoms with E-state index in [1.807, 2.05) is 6.92 Å². The van der Waals surface area contributed by atoms with Gasteiger partial charge in [-0.2, -0.15) is 0 Å². The summed E-state index contributed by atoms with van der Waals surface area (Å²) in [6.07, 6.45) is 2.55. The summed E-state index contributed by atoms with van der Waals surface area (Å²) in [4.78, 5) is 23.5. The van der Waals surface area contributed by atoms with E-state index < -0.39 is 11.4 Å². The lowest BCUT2D eigenvalue weighted by Gasteiger charge is -2.28. The normalized spacial score (nSPS) is 25.4. The average Bonchev–Trinajstić information content (AvgIpc) is 2.73. The van der Waals surface area contributed by atoms with Crippen LogP contribution >= 0.6 is 0 Å². The van der Waals surface area contributed by atoms with Crippen LogP contribution in [0.2, 0.25) is 0 Å². The van der Waals surface area contributed by atoms with Gasteiger partial charge in [-0.3, -0.25) is 4.79 Å². The lowest BCUT2D eigenvalue weighted by molar-refractivity contribution is -0.125. The molecule has 0 radical (unpaired) electrons. The molecule has 0 aromatic heterocycles. The number of nitrogens with one attached hydrogen (secondary N) is 1. The zero-order chi connectivity index (χ0) is 14.9. The molecule has 1 aliphatic rings. The van der Waals surface area contributed by atoms with Crippen LogP contribution in [-0.4, -0.2) is 23.0 Å². The Balaban J connectivity index is 2.25. The second-order valence-electron chi connectivity index (χ2n) is 5.65. The van der Waals surface area contributed by atoms with Gasteiger partial charge in [0.1, 0.15) is 0 Å². The molecule has 1 aromatic rings. The lowest BCUT2D eigenvalue weighted by atomic mass is 9.84. The quantitative estimate of drug-likeness (QED) is 0.788. The molecule has 108 valence electrons. The van der Waals surface area contributed by atoms with Gasteiger partial charge in [0, 0.05) is 11.7 Å². The Morgan fingerprint density at radius 2 is 2.15 bits per heavy atom. The van der Waals surface area contributed by atoms with Gasteiger partial charge in [-0.25, -0.2) is 4.79 Å². The second-order valence-corrected chi connectivity index (χ2v) is 5.65. The third kappa shape index (κ3) is 2.41. The predicted molar refractivity (Wildman–Crippen MR) is 76.7 cm³/mol. The number of anilines is 1. The molecule has 0 aliphatic heterocycles. The number of benzene rings is 1. The van der Waals surface area contributed by atoms with Crippen LogP contribution in [0, 0.1) is 12.3 Å². The molecule has 5 heteroatoms. The third-order valence-electron chi connectivity index (χ3n) is 4.36. The lowest BCUT2D eigenvalue weighted by Crippen LogP contribution is -2.44. The fraction of sp³-hybridized carbons (Fsp3) is 0.467. The topological polar surface area (TPSA) is 92.4 Å². The van der Waals surface area contributed by atoms with E-state index in [2.05, 4.69) is 5.32 Å². The average molecular weight is 276 g/mol. The number of carboxylic acids is 1. The SMILES string of the molecule is Cc1c(NC(=O)C2(C)CCCC2N)cccc1C(=O)O. The Kier molecular flexibility index (Phi) is 3.81. The fourth-order valence-corrected chi connectivity index (χ4v) is 2.74. The van der Waals surface area contributed by atoms with Crippen LogP contribution < -0.4 is 11.1 Å². The number of amides is 1. The van der Waals surface area contributed by atoms with E-state index in [0.717, 1.165) is 19.3 Å². The van der Waals surface area contributed by atoms with Crippen molar-refractivity contribution in [3.05, 3.63) is 29.3 Å². The number of hydrogen-bond donors (Lipinski definition) is 3. The van der Waals surface area contributed by atoms with Gasteiger partial charge in [-0.05, 0) is 44.4 Å². The first-order valence-electron chi connectivity index (χ1n) is 6.76. The first-order chi connectivity index (χ1) is 9.36. The summed E-state index contributed by atoms with van der Waals surface area (Å²) in [5, 5.41) is 11.9. The first kappa shape index (κ1) is 14.5. The summed E-state index contributed by atoms with van der Waals surface area (Å²) >= 11 is 0. The van der Waals surface area contributed by atoms with E-state index in [9.17, 15) is 9.59 Å². The van der Waals surface area contributed by atoms with Crippen molar-refractivity contribution in [2.75, 3.05) is 5.32 Å². The molecule has 0 bridgehead atoms. The van der Waals surface area contributed by atoms with E-state index >= 15 is 0 Å². The number of carbonyl (C=O) groups excluding carboxylic acids is 1. The molecule has 4 N–H and O–H groups in total. The van der Waals surface area contributed by atoms with Gasteiger partial charge in [0.25, 0.3) is 0 Å². The molecule has 20 heavy (non-hydrogen) atoms. The summed E-state index contributed by atoms with van der Waals surface area (Å²) in [5.41, 5.74) is 6.75. The van der Waals surface area contributed by atoms with Crippen molar-refractivity contribution in [3.63, 3.8) is 0 Å². The minimum Gasteiger partial charge on any atom is -0.478 e. The van der Waals surface area contributed by atoms with E-state index in [-0.39, 0.29) is 17.5 Å². The molecule has 1 aromatic carbocycles. The molecule has 0 saturated heterocycles. The summed E-state index contributed by atoms with van der Waals surface area (Å²) < 4.78 is 0. The smallest absolute Gasteiger partial charge is 0.336 e. The Morgan fingerprint density at radius 3 is 2.70 bits per heavy atom. The Labute approximate surface area is 118 Å². The highest BCUT2D eigenvalue weighted by molar-refractivity contribution is 5.98. The van der Waals surface area contributed by atoms with Crippen molar-refractivity contribution >= 4 is 17.6 Å². The zero-order valence-electron chi connectivity index (χ0n) is 11.8. The molecule has 0 heterocycles. The highest BCUT2D eigenvalue weighted by Crippen LogP contribution is 2.38. The van der Waals surface area contributed by atoms with Gasteiger partial charge < -0.3 is 16.2 Å². The third-order valence-corrected chi connectivity index (χ3v) is 4.36. The molecule has 0 spiro atoms. The molecular formula is C15H20N2O3. The fourth-order valence-electron chi connectivity index (χ4n) is 2.74. The van der Waals surface area contributed by atoms with Crippen molar-refractivity contribution in [1.82, 2.24) is 0 Å². The number of carbonyl (C=O) groups is 2. The maximum atomic E-state index is 12.4.